The lowest BCUT2D eigenvalue weighted by Gasteiger charge is -2.29. The van der Waals surface area contributed by atoms with Gasteiger partial charge in [-0.2, -0.15) is 0 Å². The number of carboxylic acid groups (broad SMARTS) is 1. The van der Waals surface area contributed by atoms with Crippen molar-refractivity contribution in [3.63, 3.8) is 0 Å². The van der Waals surface area contributed by atoms with E-state index in [2.05, 4.69) is 16.0 Å². The second kappa shape index (κ2) is 13.6. The third-order valence-corrected chi connectivity index (χ3v) is 4.94. The van der Waals surface area contributed by atoms with Crippen molar-refractivity contribution in [2.75, 3.05) is 0 Å². The number of nitrogens with two attached hydrogens (primary N) is 2. The molecule has 12 heteroatoms. The van der Waals surface area contributed by atoms with Gasteiger partial charge >= 0.3 is 5.97 Å². The Labute approximate surface area is 187 Å². The number of carbonyl (C=O) groups excluding carboxylic acids is 4. The van der Waals surface area contributed by atoms with E-state index in [0.29, 0.717) is 6.42 Å². The average Bonchev–Trinajstić information content (AvgIpc) is 2.67. The normalized spacial score (nSPS) is 16.8. The van der Waals surface area contributed by atoms with E-state index < -0.39 is 66.3 Å². The van der Waals surface area contributed by atoms with Crippen LogP contribution < -0.4 is 27.4 Å². The molecule has 0 aliphatic heterocycles. The van der Waals surface area contributed by atoms with E-state index in [9.17, 15) is 34.2 Å². The van der Waals surface area contributed by atoms with E-state index in [0.717, 1.165) is 0 Å². The monoisotopic (exact) mass is 459 g/mol. The molecule has 0 rings (SSSR count). The van der Waals surface area contributed by atoms with Gasteiger partial charge in [0.25, 0.3) is 0 Å². The van der Waals surface area contributed by atoms with Crippen LogP contribution in [0.5, 0.6) is 0 Å². The maximum absolute atomic E-state index is 12.9. The molecule has 0 aliphatic rings. The molecule has 0 heterocycles. The molecule has 9 N–H and O–H groups in total. The third-order valence-electron chi connectivity index (χ3n) is 4.94. The molecular formula is C20H37N5O7. The summed E-state index contributed by atoms with van der Waals surface area (Å²) in [4.78, 5) is 60.2. The number of rotatable bonds is 14. The van der Waals surface area contributed by atoms with Gasteiger partial charge in [0, 0.05) is 0 Å². The number of aliphatic carboxylic acids is 1. The summed E-state index contributed by atoms with van der Waals surface area (Å²) in [5, 5.41) is 26.5. The van der Waals surface area contributed by atoms with Crippen molar-refractivity contribution in [1.29, 1.82) is 0 Å². The highest BCUT2D eigenvalue weighted by Crippen LogP contribution is 2.10. The molecule has 0 aliphatic carbocycles. The minimum atomic E-state index is -1.46. The summed E-state index contributed by atoms with van der Waals surface area (Å²) in [6, 6.07) is -5.03. The minimum absolute atomic E-state index is 0.0226. The van der Waals surface area contributed by atoms with E-state index in [1.165, 1.54) is 6.92 Å². The molecule has 0 spiro atoms. The van der Waals surface area contributed by atoms with Crippen LogP contribution >= 0.6 is 0 Å². The predicted octanol–water partition coefficient (Wildman–Crippen LogP) is -1.80. The number of hydrogen-bond acceptors (Lipinski definition) is 7. The van der Waals surface area contributed by atoms with Gasteiger partial charge in [-0.3, -0.25) is 19.2 Å². The fourth-order valence-electron chi connectivity index (χ4n) is 2.87. The number of aliphatic hydroxyl groups is 1. The molecule has 0 bridgehead atoms. The second-order valence-corrected chi connectivity index (χ2v) is 8.40. The van der Waals surface area contributed by atoms with Gasteiger partial charge in [-0.25, -0.2) is 4.79 Å². The van der Waals surface area contributed by atoms with Crippen LogP contribution in [-0.4, -0.2) is 70.1 Å². The topological polar surface area (TPSA) is 214 Å². The zero-order valence-corrected chi connectivity index (χ0v) is 19.3. The SMILES string of the molecule is CCC(C)C(NC(=O)C(N)CC(N)=O)C(=O)NC(C(=O)NC(CC(C)C)C(=O)O)C(C)O. The van der Waals surface area contributed by atoms with Crippen LogP contribution in [0.1, 0.15) is 53.9 Å². The first-order chi connectivity index (χ1) is 14.7. The van der Waals surface area contributed by atoms with Crippen LogP contribution in [0.3, 0.4) is 0 Å². The average molecular weight is 460 g/mol. The maximum atomic E-state index is 12.9. The van der Waals surface area contributed by atoms with Crippen LogP contribution in [0, 0.1) is 11.8 Å². The molecule has 0 aromatic carbocycles. The molecule has 184 valence electrons. The molecule has 6 unspecified atom stereocenters. The Morgan fingerprint density at radius 3 is 1.78 bits per heavy atom. The third kappa shape index (κ3) is 10.1. The van der Waals surface area contributed by atoms with Crippen LogP contribution in [0.25, 0.3) is 0 Å². The van der Waals surface area contributed by atoms with Crippen molar-refractivity contribution in [3.8, 4) is 0 Å². The summed E-state index contributed by atoms with van der Waals surface area (Å²) in [5.41, 5.74) is 10.7. The highest BCUT2D eigenvalue weighted by Gasteiger charge is 2.34. The molecule has 0 saturated carbocycles. The van der Waals surface area contributed by atoms with Crippen molar-refractivity contribution >= 4 is 29.6 Å². The lowest BCUT2D eigenvalue weighted by atomic mass is 9.97. The van der Waals surface area contributed by atoms with Gasteiger partial charge in [-0.1, -0.05) is 34.1 Å². The van der Waals surface area contributed by atoms with Crippen molar-refractivity contribution in [2.45, 2.75) is 84.2 Å². The number of amides is 4. The number of carboxylic acids is 1. The van der Waals surface area contributed by atoms with Crippen molar-refractivity contribution in [3.05, 3.63) is 0 Å². The van der Waals surface area contributed by atoms with Gasteiger partial charge in [0.1, 0.15) is 18.1 Å². The van der Waals surface area contributed by atoms with Crippen LogP contribution in [0.4, 0.5) is 0 Å². The summed E-state index contributed by atoms with van der Waals surface area (Å²) in [6.45, 7) is 8.31. The Morgan fingerprint density at radius 2 is 1.38 bits per heavy atom. The minimum Gasteiger partial charge on any atom is -0.480 e. The zero-order chi connectivity index (χ0) is 25.2. The fourth-order valence-corrected chi connectivity index (χ4v) is 2.87. The lowest BCUT2D eigenvalue weighted by molar-refractivity contribution is -0.143. The summed E-state index contributed by atoms with van der Waals surface area (Å²) < 4.78 is 0. The lowest BCUT2D eigenvalue weighted by Crippen LogP contribution is -2.61. The molecule has 0 aromatic heterocycles. The Bertz CT molecular complexity index is 683. The first-order valence-corrected chi connectivity index (χ1v) is 10.6. The molecule has 0 aromatic rings. The van der Waals surface area contributed by atoms with Gasteiger partial charge < -0.3 is 37.6 Å². The van der Waals surface area contributed by atoms with Crippen molar-refractivity contribution in [2.24, 2.45) is 23.3 Å². The van der Waals surface area contributed by atoms with E-state index in [-0.39, 0.29) is 18.3 Å². The predicted molar refractivity (Wildman–Crippen MR) is 116 cm³/mol. The number of primary amides is 1. The van der Waals surface area contributed by atoms with Gasteiger partial charge in [0.15, 0.2) is 0 Å². The van der Waals surface area contributed by atoms with E-state index in [1.807, 2.05) is 0 Å². The van der Waals surface area contributed by atoms with E-state index in [4.69, 9.17) is 11.5 Å². The number of hydrogen-bond donors (Lipinski definition) is 7. The second-order valence-electron chi connectivity index (χ2n) is 8.40. The number of nitrogens with one attached hydrogen (secondary N) is 3. The van der Waals surface area contributed by atoms with E-state index >= 15 is 0 Å². The first-order valence-electron chi connectivity index (χ1n) is 10.6. The molecule has 0 fully saturated rings. The van der Waals surface area contributed by atoms with Gasteiger partial charge in [-0.15, -0.1) is 0 Å². The van der Waals surface area contributed by atoms with Gasteiger partial charge in [-0.05, 0) is 25.2 Å². The Balaban J connectivity index is 5.49. The summed E-state index contributed by atoms with van der Waals surface area (Å²) in [7, 11) is 0. The van der Waals surface area contributed by atoms with Crippen LogP contribution in [0.15, 0.2) is 0 Å². The van der Waals surface area contributed by atoms with Crippen LogP contribution in [0.2, 0.25) is 0 Å². The fraction of sp³-hybridized carbons (Fsp3) is 0.750. The Hall–Kier alpha value is -2.73. The first kappa shape index (κ1) is 29.3. The Kier molecular flexibility index (Phi) is 12.5. The molecule has 6 atom stereocenters. The zero-order valence-electron chi connectivity index (χ0n) is 19.3. The summed E-state index contributed by atoms with van der Waals surface area (Å²) >= 11 is 0. The number of carbonyl (C=O) groups is 5. The van der Waals surface area contributed by atoms with Crippen molar-refractivity contribution in [1.82, 2.24) is 16.0 Å². The van der Waals surface area contributed by atoms with Crippen LogP contribution in [-0.2, 0) is 24.0 Å². The Morgan fingerprint density at radius 1 is 0.875 bits per heavy atom. The smallest absolute Gasteiger partial charge is 0.326 e. The summed E-state index contributed by atoms with van der Waals surface area (Å²) in [6.07, 6.45) is -1.13. The summed E-state index contributed by atoms with van der Waals surface area (Å²) in [5.74, 6) is -4.84. The largest absolute Gasteiger partial charge is 0.480 e. The quantitative estimate of drug-likeness (QED) is 0.157. The van der Waals surface area contributed by atoms with Crippen molar-refractivity contribution < 1.29 is 34.2 Å². The molecule has 0 radical (unpaired) electrons. The molecular weight excluding hydrogens is 422 g/mol. The van der Waals surface area contributed by atoms with E-state index in [1.54, 1.807) is 27.7 Å². The standard InChI is InChI=1S/C20H37N5O7/c1-6-10(4)15(24-17(28)12(21)8-14(22)27)18(29)25-16(11(5)26)19(30)23-13(20(31)32)7-9(2)3/h9-13,15-16,26H,6-8,21H2,1-5H3,(H2,22,27)(H,23,30)(H,24,28)(H,25,29)(H,31,32). The maximum Gasteiger partial charge on any atom is 0.326 e. The molecule has 4 amide bonds. The van der Waals surface area contributed by atoms with Gasteiger partial charge in [0.05, 0.1) is 18.6 Å². The highest BCUT2D eigenvalue weighted by atomic mass is 16.4. The number of aliphatic hydroxyl groups excluding tert-OH is 1. The molecule has 12 nitrogen and oxygen atoms in total. The van der Waals surface area contributed by atoms with Gasteiger partial charge in [0.2, 0.25) is 23.6 Å². The molecule has 0 saturated heterocycles. The molecule has 32 heavy (non-hydrogen) atoms. The highest BCUT2D eigenvalue weighted by molar-refractivity contribution is 5.95.